The Kier molecular flexibility index (Phi) is 3.27. The molecule has 1 aromatic carbocycles. The number of hydrogen-bond donors (Lipinski definition) is 1. The largest absolute Gasteiger partial charge is 0.497 e. The van der Waals surface area contributed by atoms with Gasteiger partial charge in [-0.3, -0.25) is 4.84 Å². The van der Waals surface area contributed by atoms with Gasteiger partial charge in [-0.25, -0.2) is 0 Å². The molecule has 0 bridgehead atoms. The number of hydrogen-bond acceptors (Lipinski definition) is 3. The minimum Gasteiger partial charge on any atom is -0.497 e. The molecule has 0 aliphatic carbocycles. The Labute approximate surface area is 96.0 Å². The van der Waals surface area contributed by atoms with Gasteiger partial charge in [0, 0.05) is 6.04 Å². The first-order valence-corrected chi connectivity index (χ1v) is 5.44. The molecule has 0 unspecified atom stereocenters. The Hall–Kier alpha value is -1.32. The summed E-state index contributed by atoms with van der Waals surface area (Å²) in [6.07, 6.45) is 2.18. The van der Waals surface area contributed by atoms with Crippen LogP contribution in [0.15, 0.2) is 35.9 Å². The SMILES string of the molecule is COc1ccc([C@@H]2ON[C@@H](C)C=C2C)cc1. The third-order valence-electron chi connectivity index (χ3n) is 2.72. The molecular formula is C13H17NO2. The average molecular weight is 219 g/mol. The zero-order valence-corrected chi connectivity index (χ0v) is 9.86. The highest BCUT2D eigenvalue weighted by atomic mass is 16.7. The zero-order chi connectivity index (χ0) is 11.5. The van der Waals surface area contributed by atoms with Crippen LogP contribution in [0.1, 0.15) is 25.5 Å². The molecule has 86 valence electrons. The minimum atomic E-state index is 0.00195. The standard InChI is InChI=1S/C13H17NO2/c1-9-8-10(2)14-16-13(9)11-4-6-12(15-3)7-5-11/h4-8,10,13-14H,1-3H3/t10-,13+/m0/s1. The molecule has 0 spiro atoms. The van der Waals surface area contributed by atoms with Gasteiger partial charge in [0.2, 0.25) is 0 Å². The third-order valence-corrected chi connectivity index (χ3v) is 2.72. The fraction of sp³-hybridized carbons (Fsp3) is 0.385. The number of ether oxygens (including phenoxy) is 1. The predicted octanol–water partition coefficient (Wildman–Crippen LogP) is 2.61. The van der Waals surface area contributed by atoms with Gasteiger partial charge in [0.15, 0.2) is 0 Å². The molecule has 0 amide bonds. The summed E-state index contributed by atoms with van der Waals surface area (Å²) in [5, 5.41) is 0. The molecule has 1 heterocycles. The lowest BCUT2D eigenvalue weighted by Crippen LogP contribution is -2.31. The van der Waals surface area contributed by atoms with Crippen LogP contribution < -0.4 is 10.2 Å². The third kappa shape index (κ3) is 2.26. The van der Waals surface area contributed by atoms with E-state index in [2.05, 4.69) is 25.4 Å². The molecule has 1 aliphatic heterocycles. The highest BCUT2D eigenvalue weighted by molar-refractivity contribution is 5.32. The molecule has 3 nitrogen and oxygen atoms in total. The van der Waals surface area contributed by atoms with Crippen LogP contribution >= 0.6 is 0 Å². The van der Waals surface area contributed by atoms with E-state index in [-0.39, 0.29) is 12.1 Å². The molecule has 0 radical (unpaired) electrons. The molecule has 0 saturated carbocycles. The smallest absolute Gasteiger partial charge is 0.125 e. The average Bonchev–Trinajstić information content (AvgIpc) is 2.29. The predicted molar refractivity (Wildman–Crippen MR) is 63.2 cm³/mol. The van der Waals surface area contributed by atoms with Crippen LogP contribution in [-0.2, 0) is 4.84 Å². The van der Waals surface area contributed by atoms with Gasteiger partial charge in [-0.15, -0.1) is 0 Å². The normalized spacial score (nSPS) is 25.1. The van der Waals surface area contributed by atoms with E-state index < -0.39 is 0 Å². The Balaban J connectivity index is 2.21. The molecule has 1 N–H and O–H groups in total. The highest BCUT2D eigenvalue weighted by Gasteiger charge is 2.20. The van der Waals surface area contributed by atoms with E-state index in [1.54, 1.807) is 7.11 Å². The molecule has 0 fully saturated rings. The zero-order valence-electron chi connectivity index (χ0n) is 9.86. The summed E-state index contributed by atoms with van der Waals surface area (Å²) in [5.74, 6) is 0.863. The van der Waals surface area contributed by atoms with Crippen molar-refractivity contribution < 1.29 is 9.57 Å². The monoisotopic (exact) mass is 219 g/mol. The van der Waals surface area contributed by atoms with Crippen molar-refractivity contribution in [1.82, 2.24) is 5.48 Å². The summed E-state index contributed by atoms with van der Waals surface area (Å²) in [4.78, 5) is 5.60. The Morgan fingerprint density at radius 1 is 1.25 bits per heavy atom. The van der Waals surface area contributed by atoms with E-state index >= 15 is 0 Å². The fourth-order valence-electron chi connectivity index (χ4n) is 1.89. The van der Waals surface area contributed by atoms with Gasteiger partial charge in [-0.05, 0) is 37.1 Å². The van der Waals surface area contributed by atoms with Crippen LogP contribution in [0.5, 0.6) is 5.75 Å². The van der Waals surface area contributed by atoms with E-state index in [1.165, 1.54) is 5.57 Å². The van der Waals surface area contributed by atoms with Crippen LogP contribution in [0.4, 0.5) is 0 Å². The molecule has 2 atom stereocenters. The van der Waals surface area contributed by atoms with Crippen molar-refractivity contribution in [2.24, 2.45) is 0 Å². The molecule has 1 aromatic rings. The summed E-state index contributed by atoms with van der Waals surface area (Å²) < 4.78 is 5.13. The summed E-state index contributed by atoms with van der Waals surface area (Å²) in [6.45, 7) is 4.15. The van der Waals surface area contributed by atoms with Crippen molar-refractivity contribution in [2.45, 2.75) is 26.0 Å². The number of nitrogens with one attached hydrogen (secondary N) is 1. The second kappa shape index (κ2) is 4.68. The lowest BCUT2D eigenvalue weighted by atomic mass is 10.00. The number of hydroxylamine groups is 1. The van der Waals surface area contributed by atoms with Crippen LogP contribution in [0.3, 0.4) is 0 Å². The van der Waals surface area contributed by atoms with Crippen molar-refractivity contribution in [3.8, 4) is 5.75 Å². The van der Waals surface area contributed by atoms with Crippen molar-refractivity contribution in [2.75, 3.05) is 7.11 Å². The van der Waals surface area contributed by atoms with Crippen molar-refractivity contribution in [3.63, 3.8) is 0 Å². The Morgan fingerprint density at radius 2 is 1.94 bits per heavy atom. The molecule has 3 heteroatoms. The molecule has 0 aromatic heterocycles. The van der Waals surface area contributed by atoms with Gasteiger partial charge in [-0.1, -0.05) is 18.2 Å². The van der Waals surface area contributed by atoms with Crippen LogP contribution in [0.2, 0.25) is 0 Å². The van der Waals surface area contributed by atoms with Gasteiger partial charge < -0.3 is 4.74 Å². The summed E-state index contributed by atoms with van der Waals surface area (Å²) in [6, 6.07) is 8.22. The van der Waals surface area contributed by atoms with Crippen molar-refractivity contribution in [1.29, 1.82) is 0 Å². The highest BCUT2D eigenvalue weighted by Crippen LogP contribution is 2.28. The summed E-state index contributed by atoms with van der Waals surface area (Å²) in [7, 11) is 1.67. The molecule has 16 heavy (non-hydrogen) atoms. The maximum atomic E-state index is 5.60. The molecular weight excluding hydrogens is 202 g/mol. The number of methoxy groups -OCH3 is 1. The van der Waals surface area contributed by atoms with Gasteiger partial charge in [0.05, 0.1) is 7.11 Å². The maximum absolute atomic E-state index is 5.60. The Morgan fingerprint density at radius 3 is 2.50 bits per heavy atom. The Bertz CT molecular complexity index is 383. The van der Waals surface area contributed by atoms with Gasteiger partial charge in [-0.2, -0.15) is 5.48 Å². The summed E-state index contributed by atoms with van der Waals surface area (Å²) in [5.41, 5.74) is 5.35. The van der Waals surface area contributed by atoms with E-state index in [0.717, 1.165) is 11.3 Å². The first kappa shape index (κ1) is 11.2. The molecule has 0 saturated heterocycles. The minimum absolute atomic E-state index is 0.00195. The van der Waals surface area contributed by atoms with Gasteiger partial charge in [0.25, 0.3) is 0 Å². The number of benzene rings is 1. The topological polar surface area (TPSA) is 30.5 Å². The maximum Gasteiger partial charge on any atom is 0.125 e. The molecule has 1 aliphatic rings. The lowest BCUT2D eigenvalue weighted by Gasteiger charge is -2.26. The van der Waals surface area contributed by atoms with Gasteiger partial charge in [0.1, 0.15) is 11.9 Å². The van der Waals surface area contributed by atoms with E-state index in [0.29, 0.717) is 0 Å². The van der Waals surface area contributed by atoms with E-state index in [1.807, 2.05) is 24.3 Å². The van der Waals surface area contributed by atoms with Crippen LogP contribution in [0.25, 0.3) is 0 Å². The first-order chi connectivity index (χ1) is 7.70. The van der Waals surface area contributed by atoms with Crippen LogP contribution in [-0.4, -0.2) is 13.2 Å². The summed E-state index contributed by atoms with van der Waals surface area (Å²) >= 11 is 0. The van der Waals surface area contributed by atoms with Gasteiger partial charge >= 0.3 is 0 Å². The first-order valence-electron chi connectivity index (χ1n) is 5.44. The molecule has 2 rings (SSSR count). The second-order valence-electron chi connectivity index (χ2n) is 4.09. The van der Waals surface area contributed by atoms with E-state index in [9.17, 15) is 0 Å². The van der Waals surface area contributed by atoms with Crippen molar-refractivity contribution in [3.05, 3.63) is 41.5 Å². The van der Waals surface area contributed by atoms with E-state index in [4.69, 9.17) is 9.57 Å². The van der Waals surface area contributed by atoms with Crippen LogP contribution in [0, 0.1) is 0 Å². The lowest BCUT2D eigenvalue weighted by molar-refractivity contribution is -0.0275. The quantitative estimate of drug-likeness (QED) is 0.775. The van der Waals surface area contributed by atoms with Crippen molar-refractivity contribution >= 4 is 0 Å². The number of rotatable bonds is 2. The second-order valence-corrected chi connectivity index (χ2v) is 4.09. The fourth-order valence-corrected chi connectivity index (χ4v) is 1.89.